The van der Waals surface area contributed by atoms with Crippen molar-refractivity contribution in [3.05, 3.63) is 50.6 Å². The monoisotopic (exact) mass is 721 g/mol. The predicted molar refractivity (Wildman–Crippen MR) is 166 cm³/mol. The lowest BCUT2D eigenvalue weighted by atomic mass is 9.75. The molecule has 6 aliphatic rings. The molecule has 9 atom stereocenters. The molecule has 2 aromatic carbocycles. The van der Waals surface area contributed by atoms with Crippen molar-refractivity contribution in [2.24, 2.45) is 35.5 Å². The summed E-state index contributed by atoms with van der Waals surface area (Å²) >= 11 is 1.86. The maximum Gasteiger partial charge on any atom is 0.339 e. The summed E-state index contributed by atoms with van der Waals surface area (Å²) in [4.78, 5) is 0.0121. The Hall–Kier alpha value is -1.17. The average Bonchev–Trinajstić information content (AvgIpc) is 3.81. The molecule has 0 N–H and O–H groups in total. The molecule has 2 aromatic rings. The number of hydrogen-bond donors (Lipinski definition) is 0. The van der Waals surface area contributed by atoms with Crippen LogP contribution >= 0.6 is 22.6 Å². The summed E-state index contributed by atoms with van der Waals surface area (Å²) in [5, 5.41) is 0. The third-order valence-electron chi connectivity index (χ3n) is 12.3. The highest BCUT2D eigenvalue weighted by atomic mass is 127. The van der Waals surface area contributed by atoms with Gasteiger partial charge in [0.2, 0.25) is 0 Å². The third-order valence-corrected chi connectivity index (χ3v) is 15.3. The fraction of sp³-hybridized carbons (Fsp3) is 0.636. The van der Waals surface area contributed by atoms with E-state index in [9.17, 15) is 21.4 Å². The van der Waals surface area contributed by atoms with Crippen molar-refractivity contribution in [2.45, 2.75) is 105 Å². The van der Waals surface area contributed by atoms with Crippen LogP contribution in [0.2, 0.25) is 0 Å². The molecule has 6 bridgehead atoms. The molecule has 6 nitrogen and oxygen atoms in total. The summed E-state index contributed by atoms with van der Waals surface area (Å²) in [6, 6.07) is 8.23. The largest absolute Gasteiger partial charge is 0.744 e. The van der Waals surface area contributed by atoms with Gasteiger partial charge >= 0.3 is 10.1 Å². The van der Waals surface area contributed by atoms with E-state index in [2.05, 4.69) is 12.1 Å². The highest BCUT2D eigenvalue weighted by Gasteiger charge is 2.48. The molecular formula is C33H38IO6S2-. The van der Waals surface area contributed by atoms with Gasteiger partial charge in [-0.1, -0.05) is 31.4 Å². The molecule has 0 saturated heterocycles. The maximum atomic E-state index is 14.6. The van der Waals surface area contributed by atoms with E-state index >= 15 is 0 Å². The third kappa shape index (κ3) is 4.78. The molecule has 42 heavy (non-hydrogen) atoms. The van der Waals surface area contributed by atoms with E-state index in [1.165, 1.54) is 81.9 Å². The van der Waals surface area contributed by atoms with Gasteiger partial charge in [-0.05, 0) is 169 Å². The van der Waals surface area contributed by atoms with E-state index in [1.54, 1.807) is 0 Å². The number of hydrogen-bond acceptors (Lipinski definition) is 6. The molecule has 0 aromatic heterocycles. The molecule has 0 radical (unpaired) electrons. The Labute approximate surface area is 263 Å². The van der Waals surface area contributed by atoms with Gasteiger partial charge in [0.1, 0.15) is 15.0 Å². The van der Waals surface area contributed by atoms with Crippen LogP contribution in [0.3, 0.4) is 0 Å². The predicted octanol–water partition coefficient (Wildman–Crippen LogP) is 7.67. The van der Waals surface area contributed by atoms with Crippen LogP contribution in [0.5, 0.6) is 5.75 Å². The Bertz CT molecular complexity index is 1600. The Balaban J connectivity index is 1.28. The minimum atomic E-state index is -4.66. The molecular weight excluding hydrogens is 683 g/mol. The van der Waals surface area contributed by atoms with E-state index in [0.717, 1.165) is 36.0 Å². The number of rotatable bonds is 7. The standard InChI is InChI=1S/C33H39IO6S2/c34-31-17-25(41(35,36)37)7-8-32(31)40-42(38,39)33-29(27-13-19-2-5-22(27)10-19)15-24(26-12-18-1-4-21(26)9-18)16-30(33)28-14-20-3-6-23(28)11-20/h7-8,15-23,26-28H,1-6,9-14H2,(H,35,36,37)/p-1. The summed E-state index contributed by atoms with van der Waals surface area (Å²) in [5.74, 6) is 4.99. The number of fused-ring (bicyclic) bond motifs is 6. The van der Waals surface area contributed by atoms with Crippen LogP contribution in [-0.2, 0) is 20.2 Å². The second-order valence-corrected chi connectivity index (χ2v) is 18.5. The highest BCUT2D eigenvalue weighted by Crippen LogP contribution is 2.60. The van der Waals surface area contributed by atoms with Gasteiger partial charge in [-0.2, -0.15) is 8.42 Å². The Kier molecular flexibility index (Phi) is 6.86. The summed E-state index contributed by atoms with van der Waals surface area (Å²) in [7, 11) is -8.90. The molecule has 0 spiro atoms. The van der Waals surface area contributed by atoms with Gasteiger partial charge in [0.25, 0.3) is 0 Å². The summed E-state index contributed by atoms with van der Waals surface area (Å²) in [6.07, 6.45) is 14.5. The second-order valence-electron chi connectivity index (χ2n) is 14.5. The van der Waals surface area contributed by atoms with Crippen molar-refractivity contribution in [2.75, 3.05) is 0 Å². The molecule has 9 unspecified atom stereocenters. The quantitative estimate of drug-likeness (QED) is 0.165. The van der Waals surface area contributed by atoms with Crippen molar-refractivity contribution in [1.82, 2.24) is 0 Å². The minimum Gasteiger partial charge on any atom is -0.744 e. The van der Waals surface area contributed by atoms with Crippen molar-refractivity contribution >= 4 is 42.8 Å². The lowest BCUT2D eigenvalue weighted by Gasteiger charge is -2.32. The molecule has 0 aliphatic heterocycles. The van der Waals surface area contributed by atoms with Gasteiger partial charge in [0.15, 0.2) is 5.75 Å². The number of benzene rings is 2. The average molecular weight is 722 g/mol. The Morgan fingerprint density at radius 1 is 0.667 bits per heavy atom. The smallest absolute Gasteiger partial charge is 0.339 e. The van der Waals surface area contributed by atoms with E-state index < -0.39 is 25.1 Å². The van der Waals surface area contributed by atoms with Crippen LogP contribution in [0.4, 0.5) is 0 Å². The first kappa shape index (κ1) is 28.3. The van der Waals surface area contributed by atoms with Crippen molar-refractivity contribution in [1.29, 1.82) is 0 Å². The van der Waals surface area contributed by atoms with E-state index in [1.807, 2.05) is 22.6 Å². The van der Waals surface area contributed by atoms with Crippen molar-refractivity contribution < 1.29 is 25.6 Å². The van der Waals surface area contributed by atoms with Gasteiger partial charge in [-0.25, -0.2) is 8.42 Å². The lowest BCUT2D eigenvalue weighted by Crippen LogP contribution is -2.23. The van der Waals surface area contributed by atoms with Crippen LogP contribution < -0.4 is 4.18 Å². The highest BCUT2D eigenvalue weighted by molar-refractivity contribution is 14.1. The van der Waals surface area contributed by atoms with Crippen LogP contribution in [0.1, 0.15) is 111 Å². The van der Waals surface area contributed by atoms with Gasteiger partial charge in [0.05, 0.1) is 8.47 Å². The molecule has 9 heteroatoms. The van der Waals surface area contributed by atoms with Crippen molar-refractivity contribution in [3.8, 4) is 5.75 Å². The summed E-state index contributed by atoms with van der Waals surface area (Å²) in [6.45, 7) is 0. The summed E-state index contributed by atoms with van der Waals surface area (Å²) in [5.41, 5.74) is 3.36. The Morgan fingerprint density at radius 3 is 1.57 bits per heavy atom. The van der Waals surface area contributed by atoms with Crippen LogP contribution in [-0.4, -0.2) is 21.4 Å². The Morgan fingerprint density at radius 2 is 1.17 bits per heavy atom. The lowest BCUT2D eigenvalue weighted by molar-refractivity contribution is 0.392. The zero-order chi connectivity index (χ0) is 29.0. The van der Waals surface area contributed by atoms with Gasteiger partial charge < -0.3 is 8.74 Å². The van der Waals surface area contributed by atoms with Crippen LogP contribution in [0.25, 0.3) is 0 Å². The van der Waals surface area contributed by atoms with E-state index in [0.29, 0.717) is 40.4 Å². The van der Waals surface area contributed by atoms with Gasteiger partial charge in [0, 0.05) is 0 Å². The first-order valence-electron chi connectivity index (χ1n) is 15.9. The fourth-order valence-electron chi connectivity index (χ4n) is 10.5. The van der Waals surface area contributed by atoms with Gasteiger partial charge in [-0.15, -0.1) is 0 Å². The van der Waals surface area contributed by atoms with E-state index in [-0.39, 0.29) is 21.2 Å². The zero-order valence-corrected chi connectivity index (χ0v) is 27.5. The van der Waals surface area contributed by atoms with Gasteiger partial charge in [-0.3, -0.25) is 0 Å². The van der Waals surface area contributed by atoms with E-state index in [4.69, 9.17) is 4.18 Å². The fourth-order valence-corrected chi connectivity index (χ4v) is 13.5. The topological polar surface area (TPSA) is 101 Å². The minimum absolute atomic E-state index is 0.0676. The first-order chi connectivity index (χ1) is 20.0. The molecule has 8 rings (SSSR count). The van der Waals surface area contributed by atoms with Crippen molar-refractivity contribution in [3.63, 3.8) is 0 Å². The molecule has 226 valence electrons. The SMILES string of the molecule is O=S(=O)([O-])c1ccc(OS(=O)(=O)c2c(C3CC4CCC3C4)cc(C3CC4CCC3C4)cc2C2CC3CCC2C3)c(I)c1. The molecule has 0 heterocycles. The summed E-state index contributed by atoms with van der Waals surface area (Å²) < 4.78 is 70.1. The normalized spacial score (nSPS) is 36.8. The molecule has 0 amide bonds. The first-order valence-corrected chi connectivity index (χ1v) is 19.8. The zero-order valence-electron chi connectivity index (χ0n) is 23.7. The molecule has 6 aliphatic carbocycles. The van der Waals surface area contributed by atoms with Crippen LogP contribution in [0, 0.1) is 39.1 Å². The molecule has 6 fully saturated rings. The molecule has 6 saturated carbocycles. The van der Waals surface area contributed by atoms with Crippen LogP contribution in [0.15, 0.2) is 40.1 Å². The second kappa shape index (κ2) is 10.2. The maximum absolute atomic E-state index is 14.6. The number of halogens is 1.